The van der Waals surface area contributed by atoms with Gasteiger partial charge < -0.3 is 5.32 Å². The highest BCUT2D eigenvalue weighted by atomic mass is 19.1. The summed E-state index contributed by atoms with van der Waals surface area (Å²) >= 11 is 0. The molecular formula is C24H20FN5O2. The lowest BCUT2D eigenvalue weighted by atomic mass is 10.1. The van der Waals surface area contributed by atoms with Crippen LogP contribution in [0.25, 0.3) is 11.0 Å². The number of pyridine rings is 1. The molecule has 2 amide bonds. The Balaban J connectivity index is 1.47. The third kappa shape index (κ3) is 3.49. The molecule has 32 heavy (non-hydrogen) atoms. The molecule has 5 rings (SSSR count). The van der Waals surface area contributed by atoms with Crippen LogP contribution in [-0.2, 0) is 16.1 Å². The van der Waals surface area contributed by atoms with Crippen LogP contribution in [-0.4, -0.2) is 26.3 Å². The largest absolute Gasteiger partial charge is 0.324 e. The zero-order valence-electron chi connectivity index (χ0n) is 17.3. The van der Waals surface area contributed by atoms with E-state index in [2.05, 4.69) is 15.3 Å². The van der Waals surface area contributed by atoms with Gasteiger partial charge in [0, 0.05) is 12.4 Å². The first-order valence-electron chi connectivity index (χ1n) is 10.2. The van der Waals surface area contributed by atoms with E-state index in [1.54, 1.807) is 40.9 Å². The lowest BCUT2D eigenvalue weighted by molar-refractivity contribution is -0.124. The molecule has 0 unspecified atom stereocenters. The van der Waals surface area contributed by atoms with E-state index in [4.69, 9.17) is 0 Å². The van der Waals surface area contributed by atoms with Crippen LogP contribution < -0.4 is 10.2 Å². The highest BCUT2D eigenvalue weighted by molar-refractivity contribution is 6.05. The van der Waals surface area contributed by atoms with E-state index in [0.29, 0.717) is 12.5 Å². The number of halogens is 1. The molecule has 0 bridgehead atoms. The normalized spacial score (nSPS) is 15.2. The van der Waals surface area contributed by atoms with E-state index >= 15 is 0 Å². The molecule has 2 aromatic heterocycles. The summed E-state index contributed by atoms with van der Waals surface area (Å²) in [5.74, 6) is -0.706. The number of hydrogen-bond donors (Lipinski definition) is 1. The fraction of sp³-hybridized carbons (Fsp3) is 0.167. The van der Waals surface area contributed by atoms with Crippen molar-refractivity contribution in [3.63, 3.8) is 0 Å². The first-order valence-corrected chi connectivity index (χ1v) is 10.2. The van der Waals surface area contributed by atoms with Gasteiger partial charge in [-0.15, -0.1) is 0 Å². The summed E-state index contributed by atoms with van der Waals surface area (Å²) in [7, 11) is 0. The monoisotopic (exact) mass is 429 g/mol. The first-order chi connectivity index (χ1) is 15.5. The lowest BCUT2D eigenvalue weighted by Crippen LogP contribution is -2.31. The molecule has 2 aromatic carbocycles. The fourth-order valence-electron chi connectivity index (χ4n) is 4.02. The minimum Gasteiger partial charge on any atom is -0.324 e. The summed E-state index contributed by atoms with van der Waals surface area (Å²) in [4.78, 5) is 36.5. The molecule has 8 heteroatoms. The number of benzene rings is 2. The second kappa shape index (κ2) is 7.88. The average molecular weight is 429 g/mol. The van der Waals surface area contributed by atoms with Gasteiger partial charge in [0.15, 0.2) is 0 Å². The maximum atomic E-state index is 14.2. The molecule has 0 radical (unpaired) electrons. The SMILES string of the molecule is Cc1ccc(NC(=O)C[C@@H]2C(=O)N(Cc3cccnc3)c3nc4ccccc4n32)c(F)c1. The molecule has 0 spiro atoms. The first kappa shape index (κ1) is 19.9. The number of hydrogen-bond acceptors (Lipinski definition) is 4. The predicted octanol–water partition coefficient (Wildman–Crippen LogP) is 4.00. The minimum atomic E-state index is -0.775. The van der Waals surface area contributed by atoms with Crippen molar-refractivity contribution in [2.45, 2.75) is 25.9 Å². The second-order valence-electron chi connectivity index (χ2n) is 7.81. The molecule has 0 fully saturated rings. The maximum absolute atomic E-state index is 14.2. The Hall–Kier alpha value is -4.07. The van der Waals surface area contributed by atoms with Crippen LogP contribution in [0.2, 0.25) is 0 Å². The van der Waals surface area contributed by atoms with Crippen molar-refractivity contribution in [3.8, 4) is 0 Å². The number of aryl methyl sites for hydroxylation is 1. The Labute approximate surface area is 183 Å². The number of nitrogens with zero attached hydrogens (tertiary/aromatic N) is 4. The Morgan fingerprint density at radius 1 is 1.16 bits per heavy atom. The van der Waals surface area contributed by atoms with E-state index in [1.807, 2.05) is 30.3 Å². The van der Waals surface area contributed by atoms with Crippen LogP contribution in [0.4, 0.5) is 16.0 Å². The highest BCUT2D eigenvalue weighted by Gasteiger charge is 2.41. The van der Waals surface area contributed by atoms with Gasteiger partial charge in [0.05, 0.1) is 29.7 Å². The number of aromatic nitrogens is 3. The minimum absolute atomic E-state index is 0.0916. The third-order valence-electron chi connectivity index (χ3n) is 5.52. The molecule has 0 aliphatic carbocycles. The number of imidazole rings is 1. The van der Waals surface area contributed by atoms with Gasteiger partial charge in [0.2, 0.25) is 11.9 Å². The average Bonchev–Trinajstić information content (AvgIpc) is 3.27. The van der Waals surface area contributed by atoms with Crippen molar-refractivity contribution in [3.05, 3.63) is 83.9 Å². The number of rotatable bonds is 5. The Morgan fingerprint density at radius 3 is 2.78 bits per heavy atom. The van der Waals surface area contributed by atoms with Crippen LogP contribution in [0, 0.1) is 12.7 Å². The standard InChI is InChI=1S/C24H20FN5O2/c1-15-8-9-18(17(25)11-15)27-22(31)12-21-23(32)29(14-16-5-4-10-26-13-16)24-28-19-6-2-3-7-20(19)30(21)24/h2-11,13,21H,12,14H2,1H3,(H,27,31)/t21-/m1/s1. The van der Waals surface area contributed by atoms with E-state index < -0.39 is 17.8 Å². The summed E-state index contributed by atoms with van der Waals surface area (Å²) in [5.41, 5.74) is 3.21. The highest BCUT2D eigenvalue weighted by Crippen LogP contribution is 2.37. The molecule has 1 N–H and O–H groups in total. The molecule has 0 saturated carbocycles. The maximum Gasteiger partial charge on any atom is 0.253 e. The molecule has 0 saturated heterocycles. The van der Waals surface area contributed by atoms with Gasteiger partial charge in [-0.2, -0.15) is 0 Å². The Bertz CT molecular complexity index is 1330. The molecule has 4 aromatic rings. The summed E-state index contributed by atoms with van der Waals surface area (Å²) in [6.07, 6.45) is 3.23. The van der Waals surface area contributed by atoms with Crippen molar-refractivity contribution in [2.24, 2.45) is 0 Å². The number of carbonyl (C=O) groups is 2. The second-order valence-corrected chi connectivity index (χ2v) is 7.81. The van der Waals surface area contributed by atoms with Crippen molar-refractivity contribution >= 4 is 34.5 Å². The molecule has 1 atom stereocenters. The topological polar surface area (TPSA) is 80.1 Å². The summed E-state index contributed by atoms with van der Waals surface area (Å²) in [6.45, 7) is 2.06. The van der Waals surface area contributed by atoms with Gasteiger partial charge in [0.25, 0.3) is 5.91 Å². The third-order valence-corrected chi connectivity index (χ3v) is 5.52. The Kier molecular flexibility index (Phi) is 4.89. The van der Waals surface area contributed by atoms with E-state index in [-0.39, 0.29) is 18.0 Å². The number of nitrogens with one attached hydrogen (secondary N) is 1. The molecule has 1 aliphatic rings. The van der Waals surface area contributed by atoms with E-state index in [1.165, 1.54) is 12.1 Å². The zero-order chi connectivity index (χ0) is 22.2. The van der Waals surface area contributed by atoms with Gasteiger partial charge in [0.1, 0.15) is 11.9 Å². The van der Waals surface area contributed by atoms with Crippen LogP contribution in [0.5, 0.6) is 0 Å². The number of anilines is 2. The van der Waals surface area contributed by atoms with Gasteiger partial charge >= 0.3 is 0 Å². The fourth-order valence-corrected chi connectivity index (χ4v) is 4.02. The van der Waals surface area contributed by atoms with Gasteiger partial charge in [-0.05, 0) is 48.4 Å². The number of amides is 2. The number of carbonyl (C=O) groups excluding carboxylic acids is 2. The quantitative estimate of drug-likeness (QED) is 0.520. The Morgan fingerprint density at radius 2 is 2.00 bits per heavy atom. The molecule has 1 aliphatic heterocycles. The molecule has 160 valence electrons. The number of fused-ring (bicyclic) bond motifs is 3. The van der Waals surface area contributed by atoms with Gasteiger partial charge in [-0.1, -0.05) is 24.3 Å². The van der Waals surface area contributed by atoms with Gasteiger partial charge in [-0.3, -0.25) is 24.0 Å². The summed E-state index contributed by atoms with van der Waals surface area (Å²) < 4.78 is 16.0. The van der Waals surface area contributed by atoms with Crippen LogP contribution >= 0.6 is 0 Å². The number of para-hydroxylation sites is 2. The predicted molar refractivity (Wildman–Crippen MR) is 119 cm³/mol. The van der Waals surface area contributed by atoms with Crippen LogP contribution in [0.15, 0.2) is 67.0 Å². The van der Waals surface area contributed by atoms with Gasteiger partial charge in [-0.25, -0.2) is 9.37 Å². The van der Waals surface area contributed by atoms with Crippen LogP contribution in [0.3, 0.4) is 0 Å². The molecular weight excluding hydrogens is 409 g/mol. The molecule has 7 nitrogen and oxygen atoms in total. The van der Waals surface area contributed by atoms with Crippen molar-refractivity contribution in [1.29, 1.82) is 0 Å². The van der Waals surface area contributed by atoms with E-state index in [0.717, 1.165) is 22.2 Å². The summed E-state index contributed by atoms with van der Waals surface area (Å²) in [5, 5.41) is 2.59. The zero-order valence-corrected chi connectivity index (χ0v) is 17.3. The summed E-state index contributed by atoms with van der Waals surface area (Å²) in [6, 6.07) is 15.0. The van der Waals surface area contributed by atoms with Crippen molar-refractivity contribution in [1.82, 2.24) is 14.5 Å². The lowest BCUT2D eigenvalue weighted by Gasteiger charge is -2.16. The molecule has 3 heterocycles. The smallest absolute Gasteiger partial charge is 0.253 e. The van der Waals surface area contributed by atoms with Crippen LogP contribution in [0.1, 0.15) is 23.6 Å². The van der Waals surface area contributed by atoms with Crippen molar-refractivity contribution in [2.75, 3.05) is 10.2 Å². The van der Waals surface area contributed by atoms with E-state index in [9.17, 15) is 14.0 Å². The van der Waals surface area contributed by atoms with Crippen molar-refractivity contribution < 1.29 is 14.0 Å².